The van der Waals surface area contributed by atoms with Gasteiger partial charge in [-0.15, -0.1) is 0 Å². The second kappa shape index (κ2) is 5.31. The van der Waals surface area contributed by atoms with Gasteiger partial charge in [-0.25, -0.2) is 0 Å². The minimum absolute atomic E-state index is 0.213. The predicted octanol–water partition coefficient (Wildman–Crippen LogP) is 3.91. The number of halogens is 3. The lowest BCUT2D eigenvalue weighted by molar-refractivity contribution is -0.137. The van der Waals surface area contributed by atoms with Crippen LogP contribution in [0.5, 0.6) is 0 Å². The van der Waals surface area contributed by atoms with E-state index in [0.717, 1.165) is 56.1 Å². The van der Waals surface area contributed by atoms with Crippen LogP contribution in [0.2, 0.25) is 0 Å². The molecule has 0 unspecified atom stereocenters. The number of hydrogen-bond acceptors (Lipinski definition) is 2. The minimum atomic E-state index is -4.33. The molecule has 0 radical (unpaired) electrons. The molecule has 1 aliphatic rings. The monoisotopic (exact) mass is 272 g/mol. The van der Waals surface area contributed by atoms with Gasteiger partial charge in [-0.05, 0) is 37.0 Å². The highest BCUT2D eigenvalue weighted by Crippen LogP contribution is 2.35. The zero-order valence-electron chi connectivity index (χ0n) is 11.0. The first kappa shape index (κ1) is 14.0. The van der Waals surface area contributed by atoms with Gasteiger partial charge in [0.25, 0.3) is 0 Å². The van der Waals surface area contributed by atoms with Crippen LogP contribution < -0.4 is 10.6 Å². The summed E-state index contributed by atoms with van der Waals surface area (Å²) >= 11 is 0. The topological polar surface area (TPSA) is 29.3 Å². The van der Waals surface area contributed by atoms with Gasteiger partial charge in [0, 0.05) is 13.1 Å². The Labute approximate surface area is 111 Å². The second-order valence-corrected chi connectivity index (χ2v) is 5.11. The number of rotatable bonds is 2. The maximum Gasteiger partial charge on any atom is 0.416 e. The van der Waals surface area contributed by atoms with Crippen LogP contribution in [0.25, 0.3) is 0 Å². The number of nitrogens with zero attached hydrogens (tertiary/aromatic N) is 1. The van der Waals surface area contributed by atoms with Crippen molar-refractivity contribution in [1.29, 1.82) is 0 Å². The van der Waals surface area contributed by atoms with Gasteiger partial charge in [-0.3, -0.25) is 0 Å². The molecule has 2 N–H and O–H groups in total. The van der Waals surface area contributed by atoms with E-state index >= 15 is 0 Å². The second-order valence-electron chi connectivity index (χ2n) is 5.11. The Kier molecular flexibility index (Phi) is 3.92. The lowest BCUT2D eigenvalue weighted by Gasteiger charge is -2.34. The number of alkyl halides is 3. The van der Waals surface area contributed by atoms with Gasteiger partial charge in [0.05, 0.1) is 16.9 Å². The van der Waals surface area contributed by atoms with Gasteiger partial charge < -0.3 is 10.6 Å². The molecule has 0 amide bonds. The molecule has 19 heavy (non-hydrogen) atoms. The highest BCUT2D eigenvalue weighted by molar-refractivity contribution is 5.68. The summed E-state index contributed by atoms with van der Waals surface area (Å²) in [6.45, 7) is 3.91. The maximum atomic E-state index is 12.6. The van der Waals surface area contributed by atoms with Crippen molar-refractivity contribution in [2.45, 2.75) is 32.4 Å². The number of hydrogen-bond donors (Lipinski definition) is 1. The van der Waals surface area contributed by atoms with Crippen LogP contribution >= 0.6 is 0 Å². The van der Waals surface area contributed by atoms with Crippen LogP contribution in [0.4, 0.5) is 24.5 Å². The van der Waals surface area contributed by atoms with Crippen molar-refractivity contribution in [2.24, 2.45) is 5.92 Å². The van der Waals surface area contributed by atoms with E-state index in [0.29, 0.717) is 0 Å². The van der Waals surface area contributed by atoms with Crippen molar-refractivity contribution >= 4 is 11.4 Å². The summed E-state index contributed by atoms with van der Waals surface area (Å²) < 4.78 is 37.7. The Bertz CT molecular complexity index is 435. The molecule has 1 heterocycles. The molecule has 0 bridgehead atoms. The van der Waals surface area contributed by atoms with Gasteiger partial charge >= 0.3 is 6.18 Å². The summed E-state index contributed by atoms with van der Waals surface area (Å²) in [6, 6.07) is 3.63. The van der Waals surface area contributed by atoms with E-state index in [1.165, 1.54) is 6.07 Å². The first-order valence-electron chi connectivity index (χ1n) is 6.63. The van der Waals surface area contributed by atoms with Crippen molar-refractivity contribution in [2.75, 3.05) is 23.7 Å². The zero-order chi connectivity index (χ0) is 14.0. The van der Waals surface area contributed by atoms with Crippen molar-refractivity contribution in [1.82, 2.24) is 0 Å². The molecule has 0 aromatic heterocycles. The van der Waals surface area contributed by atoms with Crippen LogP contribution in [0, 0.1) is 5.92 Å². The van der Waals surface area contributed by atoms with Crippen molar-refractivity contribution in [3.63, 3.8) is 0 Å². The largest absolute Gasteiger partial charge is 0.416 e. The number of anilines is 2. The number of benzene rings is 1. The van der Waals surface area contributed by atoms with Crippen LogP contribution in [-0.4, -0.2) is 13.1 Å². The highest BCUT2D eigenvalue weighted by Gasteiger charge is 2.31. The normalized spacial score (nSPS) is 17.8. The van der Waals surface area contributed by atoms with Gasteiger partial charge in [0.2, 0.25) is 0 Å². The SMILES string of the molecule is CCC1CCN(c2ccc(C(F)(F)F)cc2N)CC1. The summed E-state index contributed by atoms with van der Waals surface area (Å²) in [6.07, 6.45) is -1.01. The minimum Gasteiger partial charge on any atom is -0.397 e. The summed E-state index contributed by atoms with van der Waals surface area (Å²) in [5.74, 6) is 0.729. The molecule has 2 nitrogen and oxygen atoms in total. The molecule has 1 fully saturated rings. The van der Waals surface area contributed by atoms with Crippen molar-refractivity contribution < 1.29 is 13.2 Å². The van der Waals surface area contributed by atoms with Crippen LogP contribution in [0.3, 0.4) is 0 Å². The Hall–Kier alpha value is -1.39. The Morgan fingerprint density at radius 2 is 1.89 bits per heavy atom. The summed E-state index contributed by atoms with van der Waals surface area (Å²) in [4.78, 5) is 2.08. The molecule has 0 aliphatic carbocycles. The predicted molar refractivity (Wildman–Crippen MR) is 71.1 cm³/mol. The van der Waals surface area contributed by atoms with Gasteiger partial charge in [0.1, 0.15) is 0 Å². The lowest BCUT2D eigenvalue weighted by atomic mass is 9.94. The van der Waals surface area contributed by atoms with E-state index in [1.807, 2.05) is 0 Å². The van der Waals surface area contributed by atoms with E-state index in [-0.39, 0.29) is 5.69 Å². The molecule has 1 saturated heterocycles. The molecule has 2 rings (SSSR count). The standard InChI is InChI=1S/C14H19F3N2/c1-2-10-5-7-19(8-6-10)13-4-3-11(9-12(13)18)14(15,16)17/h3-4,9-10H,2,5-8,18H2,1H3. The van der Waals surface area contributed by atoms with E-state index in [4.69, 9.17) is 5.73 Å². The number of nitrogen functional groups attached to an aromatic ring is 1. The summed E-state index contributed by atoms with van der Waals surface area (Å²) in [5.41, 5.74) is 6.03. The molecule has 1 aliphatic heterocycles. The Balaban J connectivity index is 2.14. The maximum absolute atomic E-state index is 12.6. The molecular weight excluding hydrogens is 253 g/mol. The Morgan fingerprint density at radius 3 is 2.37 bits per heavy atom. The fourth-order valence-corrected chi connectivity index (χ4v) is 2.60. The average Bonchev–Trinajstić information content (AvgIpc) is 2.38. The molecule has 0 atom stereocenters. The molecular formula is C14H19F3N2. The molecule has 1 aromatic rings. The quantitative estimate of drug-likeness (QED) is 0.827. The van der Waals surface area contributed by atoms with Crippen molar-refractivity contribution in [3.05, 3.63) is 23.8 Å². The van der Waals surface area contributed by atoms with Gasteiger partial charge in [-0.1, -0.05) is 13.3 Å². The average molecular weight is 272 g/mol. The van der Waals surface area contributed by atoms with E-state index in [1.54, 1.807) is 0 Å². The van der Waals surface area contributed by atoms with E-state index in [9.17, 15) is 13.2 Å². The first-order valence-corrected chi connectivity index (χ1v) is 6.63. The third-order valence-corrected chi connectivity index (χ3v) is 3.89. The third-order valence-electron chi connectivity index (χ3n) is 3.89. The van der Waals surface area contributed by atoms with Crippen LogP contribution in [0.1, 0.15) is 31.7 Å². The summed E-state index contributed by atoms with van der Waals surface area (Å²) in [7, 11) is 0. The molecule has 5 heteroatoms. The van der Waals surface area contributed by atoms with Crippen LogP contribution in [0.15, 0.2) is 18.2 Å². The first-order chi connectivity index (χ1) is 8.91. The smallest absolute Gasteiger partial charge is 0.397 e. The lowest BCUT2D eigenvalue weighted by Crippen LogP contribution is -2.34. The fraction of sp³-hybridized carbons (Fsp3) is 0.571. The van der Waals surface area contributed by atoms with Crippen LogP contribution in [-0.2, 0) is 6.18 Å². The zero-order valence-corrected chi connectivity index (χ0v) is 11.0. The molecule has 1 aromatic carbocycles. The number of nitrogens with two attached hydrogens (primary N) is 1. The fourth-order valence-electron chi connectivity index (χ4n) is 2.60. The summed E-state index contributed by atoms with van der Waals surface area (Å²) in [5, 5.41) is 0. The highest BCUT2D eigenvalue weighted by atomic mass is 19.4. The molecule has 106 valence electrons. The molecule has 0 spiro atoms. The van der Waals surface area contributed by atoms with E-state index in [2.05, 4.69) is 11.8 Å². The number of piperidine rings is 1. The van der Waals surface area contributed by atoms with Crippen molar-refractivity contribution in [3.8, 4) is 0 Å². The third kappa shape index (κ3) is 3.14. The van der Waals surface area contributed by atoms with E-state index < -0.39 is 11.7 Å². The van der Waals surface area contributed by atoms with Gasteiger partial charge in [-0.2, -0.15) is 13.2 Å². The Morgan fingerprint density at radius 1 is 1.26 bits per heavy atom. The molecule has 0 saturated carbocycles. The van der Waals surface area contributed by atoms with Gasteiger partial charge in [0.15, 0.2) is 0 Å².